The number of pyridine rings is 1. The van der Waals surface area contributed by atoms with E-state index in [0.29, 0.717) is 12.5 Å². The molecule has 0 aliphatic rings. The van der Waals surface area contributed by atoms with Crippen molar-refractivity contribution in [3.63, 3.8) is 0 Å². The van der Waals surface area contributed by atoms with Gasteiger partial charge in [0.05, 0.1) is 18.2 Å². The Morgan fingerprint density at radius 1 is 1.32 bits per heavy atom. The summed E-state index contributed by atoms with van der Waals surface area (Å²) in [5, 5.41) is 14.0. The average molecular weight is 259 g/mol. The minimum Gasteiger partial charge on any atom is -0.394 e. The zero-order valence-corrected chi connectivity index (χ0v) is 11.4. The maximum Gasteiger partial charge on any atom is 0.0722 e. The van der Waals surface area contributed by atoms with Gasteiger partial charge in [0, 0.05) is 29.4 Å². The molecule has 0 fully saturated rings. The Bertz CT molecular complexity index is 554. The van der Waals surface area contributed by atoms with E-state index >= 15 is 0 Å². The third-order valence-corrected chi connectivity index (χ3v) is 3.41. The van der Waals surface area contributed by atoms with Crippen molar-refractivity contribution in [3.8, 4) is 0 Å². The highest BCUT2D eigenvalue weighted by atomic mass is 16.3. The summed E-state index contributed by atoms with van der Waals surface area (Å²) in [6, 6.07) is 7.96. The number of aromatic nitrogens is 1. The molecule has 102 valence electrons. The van der Waals surface area contributed by atoms with Gasteiger partial charge in [0.2, 0.25) is 0 Å². The fraction of sp³-hybridized carbons (Fsp3) is 0.400. The zero-order valence-electron chi connectivity index (χ0n) is 11.4. The maximum absolute atomic E-state index is 9.48. The fourth-order valence-corrected chi connectivity index (χ4v) is 2.12. The van der Waals surface area contributed by atoms with Crippen LogP contribution in [0.1, 0.15) is 19.4 Å². The van der Waals surface area contributed by atoms with Gasteiger partial charge in [-0.05, 0) is 12.0 Å². The van der Waals surface area contributed by atoms with E-state index in [2.05, 4.69) is 24.1 Å². The van der Waals surface area contributed by atoms with Crippen LogP contribution in [0.25, 0.3) is 10.9 Å². The molecule has 0 radical (unpaired) electrons. The molecule has 1 atom stereocenters. The molecule has 2 aromatic rings. The van der Waals surface area contributed by atoms with Crippen LogP contribution in [0.15, 0.2) is 30.5 Å². The fourth-order valence-electron chi connectivity index (χ4n) is 2.12. The molecule has 0 aliphatic heterocycles. The minimum absolute atomic E-state index is 0.0103. The van der Waals surface area contributed by atoms with Crippen LogP contribution in [0.2, 0.25) is 0 Å². The number of fused-ring (bicyclic) bond motifs is 1. The van der Waals surface area contributed by atoms with E-state index < -0.39 is 0 Å². The quantitative estimate of drug-likeness (QED) is 0.769. The molecule has 0 saturated carbocycles. The van der Waals surface area contributed by atoms with E-state index in [1.807, 2.05) is 24.3 Å². The van der Waals surface area contributed by atoms with Crippen molar-refractivity contribution in [1.82, 2.24) is 4.98 Å². The first-order valence-corrected chi connectivity index (χ1v) is 6.61. The smallest absolute Gasteiger partial charge is 0.0722 e. The van der Waals surface area contributed by atoms with Gasteiger partial charge in [-0.3, -0.25) is 4.98 Å². The van der Waals surface area contributed by atoms with Crippen molar-refractivity contribution in [2.45, 2.75) is 26.4 Å². The van der Waals surface area contributed by atoms with Gasteiger partial charge >= 0.3 is 0 Å². The van der Waals surface area contributed by atoms with Crippen LogP contribution in [-0.2, 0) is 6.54 Å². The lowest BCUT2D eigenvalue weighted by molar-refractivity contribution is 0.249. The summed E-state index contributed by atoms with van der Waals surface area (Å²) in [4.78, 5) is 4.41. The molecule has 0 amide bonds. The van der Waals surface area contributed by atoms with Crippen LogP contribution < -0.4 is 11.1 Å². The molecule has 4 N–H and O–H groups in total. The van der Waals surface area contributed by atoms with E-state index in [4.69, 9.17) is 5.73 Å². The topological polar surface area (TPSA) is 71.2 Å². The van der Waals surface area contributed by atoms with Crippen molar-refractivity contribution in [2.75, 3.05) is 11.9 Å². The van der Waals surface area contributed by atoms with Gasteiger partial charge in [0.25, 0.3) is 0 Å². The maximum atomic E-state index is 9.48. The number of nitrogens with two attached hydrogens (primary N) is 1. The normalized spacial score (nSPS) is 12.9. The number of hydrogen-bond acceptors (Lipinski definition) is 4. The van der Waals surface area contributed by atoms with Gasteiger partial charge in [-0.15, -0.1) is 0 Å². The number of rotatable bonds is 5. The van der Waals surface area contributed by atoms with Crippen molar-refractivity contribution in [1.29, 1.82) is 0 Å². The molecule has 1 heterocycles. The molecule has 0 aliphatic carbocycles. The highest BCUT2D eigenvalue weighted by Crippen LogP contribution is 2.27. The van der Waals surface area contributed by atoms with E-state index in [-0.39, 0.29) is 12.6 Å². The SMILES string of the molecule is CC(C)C(CO)Nc1c(CN)cnc2ccccc12. The molecule has 1 unspecified atom stereocenters. The second kappa shape index (κ2) is 5.99. The standard InChI is InChI=1S/C15H21N3O/c1-10(2)14(9-19)18-15-11(7-16)8-17-13-6-4-3-5-12(13)15/h3-6,8,10,14,19H,7,9,16H2,1-2H3,(H,17,18). The molecular weight excluding hydrogens is 238 g/mol. The third kappa shape index (κ3) is 2.85. The van der Waals surface area contributed by atoms with Gasteiger partial charge in [-0.1, -0.05) is 32.0 Å². The van der Waals surface area contributed by atoms with Gasteiger partial charge in [0.15, 0.2) is 0 Å². The Morgan fingerprint density at radius 3 is 2.68 bits per heavy atom. The molecule has 0 bridgehead atoms. The monoisotopic (exact) mass is 259 g/mol. The lowest BCUT2D eigenvalue weighted by Crippen LogP contribution is -2.30. The number of hydrogen-bond donors (Lipinski definition) is 3. The molecule has 4 heteroatoms. The molecule has 1 aromatic heterocycles. The highest BCUT2D eigenvalue weighted by molar-refractivity contribution is 5.92. The summed E-state index contributed by atoms with van der Waals surface area (Å²) < 4.78 is 0. The number of para-hydroxylation sites is 1. The predicted molar refractivity (Wildman–Crippen MR) is 79.0 cm³/mol. The molecular formula is C15H21N3O. The van der Waals surface area contributed by atoms with Crippen molar-refractivity contribution in [2.24, 2.45) is 11.7 Å². The minimum atomic E-state index is 0.0103. The second-order valence-corrected chi connectivity index (χ2v) is 5.06. The lowest BCUT2D eigenvalue weighted by Gasteiger charge is -2.23. The van der Waals surface area contributed by atoms with Gasteiger partial charge in [0.1, 0.15) is 0 Å². The molecule has 4 nitrogen and oxygen atoms in total. The number of benzene rings is 1. The third-order valence-electron chi connectivity index (χ3n) is 3.41. The Labute approximate surface area is 113 Å². The zero-order chi connectivity index (χ0) is 13.8. The van der Waals surface area contributed by atoms with Gasteiger partial charge in [-0.2, -0.15) is 0 Å². The number of anilines is 1. The summed E-state index contributed by atoms with van der Waals surface area (Å²) in [5.74, 6) is 0.336. The van der Waals surface area contributed by atoms with Crippen LogP contribution in [0.4, 0.5) is 5.69 Å². The number of aliphatic hydroxyl groups is 1. The van der Waals surface area contributed by atoms with Crippen LogP contribution in [0, 0.1) is 5.92 Å². The van der Waals surface area contributed by atoms with E-state index in [1.165, 1.54) is 0 Å². The van der Waals surface area contributed by atoms with E-state index in [1.54, 1.807) is 6.20 Å². The number of aliphatic hydroxyl groups excluding tert-OH is 1. The average Bonchev–Trinajstić information content (AvgIpc) is 2.44. The van der Waals surface area contributed by atoms with Gasteiger partial charge < -0.3 is 16.2 Å². The first-order chi connectivity index (χ1) is 9.17. The molecule has 0 saturated heterocycles. The van der Waals surface area contributed by atoms with Crippen molar-refractivity contribution in [3.05, 3.63) is 36.0 Å². The first-order valence-electron chi connectivity index (χ1n) is 6.61. The molecule has 0 spiro atoms. The van der Waals surface area contributed by atoms with E-state index in [0.717, 1.165) is 22.2 Å². The highest BCUT2D eigenvalue weighted by Gasteiger charge is 2.15. The number of nitrogens with zero attached hydrogens (tertiary/aromatic N) is 1. The van der Waals surface area contributed by atoms with Crippen molar-refractivity contribution >= 4 is 16.6 Å². The summed E-state index contributed by atoms with van der Waals surface area (Å²) in [5.41, 5.74) is 8.68. The summed E-state index contributed by atoms with van der Waals surface area (Å²) >= 11 is 0. The van der Waals surface area contributed by atoms with E-state index in [9.17, 15) is 5.11 Å². The Balaban J connectivity index is 2.49. The van der Waals surface area contributed by atoms with Gasteiger partial charge in [-0.25, -0.2) is 0 Å². The molecule has 2 rings (SSSR count). The van der Waals surface area contributed by atoms with Crippen LogP contribution >= 0.6 is 0 Å². The molecule has 1 aromatic carbocycles. The summed E-state index contributed by atoms with van der Waals surface area (Å²) in [6.45, 7) is 4.69. The predicted octanol–water partition coefficient (Wildman–Crippen LogP) is 2.12. The van der Waals surface area contributed by atoms with Crippen LogP contribution in [0.3, 0.4) is 0 Å². The van der Waals surface area contributed by atoms with Crippen LogP contribution in [0.5, 0.6) is 0 Å². The Hall–Kier alpha value is -1.65. The summed E-state index contributed by atoms with van der Waals surface area (Å²) in [7, 11) is 0. The Kier molecular flexibility index (Phi) is 4.35. The second-order valence-electron chi connectivity index (χ2n) is 5.06. The first kappa shape index (κ1) is 13.8. The molecule has 19 heavy (non-hydrogen) atoms. The Morgan fingerprint density at radius 2 is 2.05 bits per heavy atom. The van der Waals surface area contributed by atoms with Crippen molar-refractivity contribution < 1.29 is 5.11 Å². The number of nitrogens with one attached hydrogen (secondary N) is 1. The lowest BCUT2D eigenvalue weighted by atomic mass is 10.0. The summed E-state index contributed by atoms with van der Waals surface area (Å²) in [6.07, 6.45) is 1.80. The van der Waals surface area contributed by atoms with Crippen LogP contribution in [-0.4, -0.2) is 22.7 Å². The largest absolute Gasteiger partial charge is 0.394 e.